The lowest BCUT2D eigenvalue weighted by Gasteiger charge is -2.12. The number of ether oxygens (including phenoxy) is 1. The minimum Gasteiger partial charge on any atom is -0.492 e. The Labute approximate surface area is 196 Å². The summed E-state index contributed by atoms with van der Waals surface area (Å²) in [6, 6.07) is 11.5. The first-order valence-corrected chi connectivity index (χ1v) is 12.5. The number of unbranched alkanes of at least 4 members (excludes halogenated alkanes) is 1. The molecule has 2 aromatic heterocycles. The van der Waals surface area contributed by atoms with E-state index in [-0.39, 0.29) is 27.7 Å². The summed E-state index contributed by atoms with van der Waals surface area (Å²) in [4.78, 5) is 16.7. The summed E-state index contributed by atoms with van der Waals surface area (Å²) in [7, 11) is -3.91. The Balaban J connectivity index is 1.47. The summed E-state index contributed by atoms with van der Waals surface area (Å²) in [6.07, 6.45) is 5.43. The molecule has 0 radical (unpaired) electrons. The molecule has 0 saturated heterocycles. The minimum atomic E-state index is -3.91. The number of aryl methyl sites for hydroxylation is 1. The minimum absolute atomic E-state index is 0.00586. The third kappa shape index (κ3) is 5.14. The first-order valence-electron chi connectivity index (χ1n) is 11.0. The summed E-state index contributed by atoms with van der Waals surface area (Å²) < 4.78 is 45.6. The Morgan fingerprint density at radius 1 is 1.09 bits per heavy atom. The Hall–Kier alpha value is -3.59. The van der Waals surface area contributed by atoms with E-state index in [0.717, 1.165) is 35.9 Å². The standard InChI is InChI=1S/C25H24FN3O4S/c1-2-3-12-33-23-14-20(26)7-11-24(23)34(31,32)21-8-4-17(5-9-21)6-10-22(30)18-13-19-16-28-29-25(19)27-15-18/h4-5,7-9,11,13-16H,2-3,6,10,12H2,1H3,(H,27,28,29). The molecule has 0 amide bonds. The van der Waals surface area contributed by atoms with Crippen LogP contribution < -0.4 is 4.74 Å². The van der Waals surface area contributed by atoms with Crippen LogP contribution in [-0.4, -0.2) is 36.0 Å². The molecule has 1 N–H and O–H groups in total. The van der Waals surface area contributed by atoms with Crippen LogP contribution in [0.15, 0.2) is 70.7 Å². The molecule has 0 fully saturated rings. The molecule has 4 aromatic rings. The van der Waals surface area contributed by atoms with Crippen LogP contribution in [0.2, 0.25) is 0 Å². The fourth-order valence-corrected chi connectivity index (χ4v) is 4.87. The molecule has 0 unspecified atom stereocenters. The van der Waals surface area contributed by atoms with Crippen molar-refractivity contribution in [1.82, 2.24) is 15.2 Å². The van der Waals surface area contributed by atoms with Gasteiger partial charge in [0.25, 0.3) is 0 Å². The number of Topliss-reactive ketones (excluding diaryl/α,β-unsaturated/α-hetero) is 1. The zero-order valence-corrected chi connectivity index (χ0v) is 19.4. The van der Waals surface area contributed by atoms with Crippen molar-refractivity contribution in [2.75, 3.05) is 6.61 Å². The lowest BCUT2D eigenvalue weighted by molar-refractivity contribution is 0.0982. The van der Waals surface area contributed by atoms with Crippen LogP contribution in [0.5, 0.6) is 5.75 Å². The summed E-state index contributed by atoms with van der Waals surface area (Å²) in [5.41, 5.74) is 1.94. The van der Waals surface area contributed by atoms with Crippen molar-refractivity contribution in [2.24, 2.45) is 0 Å². The number of aromatic nitrogens is 3. The number of fused-ring (bicyclic) bond motifs is 1. The number of sulfone groups is 1. The Bertz CT molecular complexity index is 1420. The number of carbonyl (C=O) groups excluding carboxylic acids is 1. The van der Waals surface area contributed by atoms with Crippen molar-refractivity contribution in [1.29, 1.82) is 0 Å². The van der Waals surface area contributed by atoms with Crippen molar-refractivity contribution in [2.45, 2.75) is 42.4 Å². The van der Waals surface area contributed by atoms with Crippen molar-refractivity contribution in [3.05, 3.63) is 77.9 Å². The summed E-state index contributed by atoms with van der Waals surface area (Å²) >= 11 is 0. The van der Waals surface area contributed by atoms with Gasteiger partial charge in [0.2, 0.25) is 9.84 Å². The predicted octanol–water partition coefficient (Wildman–Crippen LogP) is 4.92. The maximum absolute atomic E-state index is 13.7. The van der Waals surface area contributed by atoms with Gasteiger partial charge >= 0.3 is 0 Å². The largest absolute Gasteiger partial charge is 0.492 e. The Kier molecular flexibility index (Phi) is 7.02. The average Bonchev–Trinajstić information content (AvgIpc) is 3.31. The van der Waals surface area contributed by atoms with Gasteiger partial charge in [-0.1, -0.05) is 25.5 Å². The van der Waals surface area contributed by atoms with E-state index >= 15 is 0 Å². The highest BCUT2D eigenvalue weighted by Gasteiger charge is 2.23. The van der Waals surface area contributed by atoms with E-state index in [1.165, 1.54) is 24.4 Å². The number of pyridine rings is 1. The van der Waals surface area contributed by atoms with Crippen LogP contribution >= 0.6 is 0 Å². The number of nitrogens with zero attached hydrogens (tertiary/aromatic N) is 2. The molecule has 0 saturated carbocycles. The van der Waals surface area contributed by atoms with Gasteiger partial charge in [-0.15, -0.1) is 0 Å². The van der Waals surface area contributed by atoms with E-state index in [1.807, 2.05) is 6.92 Å². The third-order valence-electron chi connectivity index (χ3n) is 5.44. The molecule has 2 heterocycles. The number of hydrogen-bond acceptors (Lipinski definition) is 6. The quantitative estimate of drug-likeness (QED) is 0.196. The molecule has 0 spiro atoms. The average molecular weight is 482 g/mol. The van der Waals surface area contributed by atoms with E-state index < -0.39 is 15.7 Å². The second-order valence-corrected chi connectivity index (χ2v) is 9.81. The number of rotatable bonds is 10. The normalized spacial score (nSPS) is 11.6. The van der Waals surface area contributed by atoms with E-state index in [1.54, 1.807) is 24.4 Å². The van der Waals surface area contributed by atoms with E-state index in [0.29, 0.717) is 24.2 Å². The Morgan fingerprint density at radius 3 is 2.65 bits per heavy atom. The molecule has 0 aliphatic rings. The zero-order chi connectivity index (χ0) is 24.1. The maximum Gasteiger partial charge on any atom is 0.210 e. The van der Waals surface area contributed by atoms with Gasteiger partial charge in [-0.05, 0) is 48.7 Å². The van der Waals surface area contributed by atoms with Gasteiger partial charge in [-0.3, -0.25) is 9.89 Å². The molecule has 34 heavy (non-hydrogen) atoms. The van der Waals surface area contributed by atoms with Crippen LogP contribution in [0.3, 0.4) is 0 Å². The zero-order valence-electron chi connectivity index (χ0n) is 18.6. The van der Waals surface area contributed by atoms with Gasteiger partial charge in [0.15, 0.2) is 11.4 Å². The number of aromatic amines is 1. The summed E-state index contributed by atoms with van der Waals surface area (Å²) in [5.74, 6) is -0.619. The molecular formula is C25H24FN3O4S. The number of hydrogen-bond donors (Lipinski definition) is 1. The van der Waals surface area contributed by atoms with Gasteiger partial charge in [0, 0.05) is 29.6 Å². The Morgan fingerprint density at radius 2 is 1.88 bits per heavy atom. The second kappa shape index (κ2) is 10.1. The van der Waals surface area contributed by atoms with Gasteiger partial charge < -0.3 is 4.74 Å². The molecule has 9 heteroatoms. The smallest absolute Gasteiger partial charge is 0.210 e. The number of ketones is 1. The topological polar surface area (TPSA) is 102 Å². The van der Waals surface area contributed by atoms with E-state index in [9.17, 15) is 17.6 Å². The molecule has 2 aromatic carbocycles. The highest BCUT2D eigenvalue weighted by molar-refractivity contribution is 7.91. The van der Waals surface area contributed by atoms with Crippen LogP contribution in [0.25, 0.3) is 11.0 Å². The lowest BCUT2D eigenvalue weighted by atomic mass is 10.0. The van der Waals surface area contributed by atoms with Crippen LogP contribution in [0, 0.1) is 5.82 Å². The number of H-pyrrole nitrogens is 1. The molecule has 0 bridgehead atoms. The highest BCUT2D eigenvalue weighted by atomic mass is 32.2. The SMILES string of the molecule is CCCCOc1cc(F)ccc1S(=O)(=O)c1ccc(CCC(=O)c2cnc3[nH]ncc3c2)cc1. The van der Waals surface area contributed by atoms with Crippen molar-refractivity contribution >= 4 is 26.7 Å². The number of halogens is 1. The molecule has 4 rings (SSSR count). The molecule has 176 valence electrons. The fraction of sp³-hybridized carbons (Fsp3) is 0.240. The van der Waals surface area contributed by atoms with Crippen molar-refractivity contribution in [3.63, 3.8) is 0 Å². The summed E-state index contributed by atoms with van der Waals surface area (Å²) in [5, 5.41) is 7.41. The third-order valence-corrected chi connectivity index (χ3v) is 7.25. The molecule has 7 nitrogen and oxygen atoms in total. The van der Waals surface area contributed by atoms with Gasteiger partial charge in [0.1, 0.15) is 16.5 Å². The van der Waals surface area contributed by atoms with E-state index in [4.69, 9.17) is 4.74 Å². The number of benzene rings is 2. The highest BCUT2D eigenvalue weighted by Crippen LogP contribution is 2.30. The first-order chi connectivity index (χ1) is 16.4. The fourth-order valence-electron chi connectivity index (χ4n) is 3.50. The van der Waals surface area contributed by atoms with Gasteiger partial charge in [-0.2, -0.15) is 5.10 Å². The van der Waals surface area contributed by atoms with Crippen LogP contribution in [-0.2, 0) is 16.3 Å². The predicted molar refractivity (Wildman–Crippen MR) is 125 cm³/mol. The van der Waals surface area contributed by atoms with Gasteiger partial charge in [-0.25, -0.2) is 17.8 Å². The van der Waals surface area contributed by atoms with Crippen LogP contribution in [0.4, 0.5) is 4.39 Å². The summed E-state index contributed by atoms with van der Waals surface area (Å²) in [6.45, 7) is 2.29. The molecule has 0 aliphatic heterocycles. The monoisotopic (exact) mass is 481 g/mol. The number of carbonyl (C=O) groups is 1. The second-order valence-electron chi connectivity index (χ2n) is 7.90. The molecule has 0 atom stereocenters. The van der Waals surface area contributed by atoms with Crippen molar-refractivity contribution < 1.29 is 22.3 Å². The van der Waals surface area contributed by atoms with Crippen molar-refractivity contribution in [3.8, 4) is 5.75 Å². The molecular weight excluding hydrogens is 457 g/mol. The first kappa shape index (κ1) is 23.6. The van der Waals surface area contributed by atoms with Gasteiger partial charge in [0.05, 0.1) is 17.7 Å². The maximum atomic E-state index is 13.7. The lowest BCUT2D eigenvalue weighted by Crippen LogP contribution is -2.07. The van der Waals surface area contributed by atoms with Crippen LogP contribution in [0.1, 0.15) is 42.1 Å². The number of nitrogens with one attached hydrogen (secondary N) is 1. The van der Waals surface area contributed by atoms with E-state index in [2.05, 4.69) is 15.2 Å². The molecule has 0 aliphatic carbocycles.